The third-order valence-corrected chi connectivity index (χ3v) is 4.68. The average Bonchev–Trinajstić information content (AvgIpc) is 3.33. The molecule has 1 aliphatic rings. The number of carbonyl (C=O) groups is 2. The van der Waals surface area contributed by atoms with Crippen molar-refractivity contribution in [3.63, 3.8) is 0 Å². The Bertz CT molecular complexity index is 1150. The molecule has 1 aromatic heterocycles. The maximum absolute atomic E-state index is 13.6. The van der Waals surface area contributed by atoms with E-state index >= 15 is 0 Å². The van der Waals surface area contributed by atoms with Gasteiger partial charge in [0.1, 0.15) is 17.3 Å². The van der Waals surface area contributed by atoms with Crippen molar-refractivity contribution in [1.82, 2.24) is 5.32 Å². The van der Waals surface area contributed by atoms with Crippen LogP contribution in [0.2, 0.25) is 0 Å². The summed E-state index contributed by atoms with van der Waals surface area (Å²) in [6.45, 7) is 0.852. The molecular formula is C23H19FN2O4. The van der Waals surface area contributed by atoms with Gasteiger partial charge in [-0.3, -0.25) is 9.59 Å². The Hall–Kier alpha value is -3.71. The number of anilines is 1. The normalized spacial score (nSPS) is 13.9. The first kappa shape index (κ1) is 19.6. The number of rotatable bonds is 6. The molecule has 1 aliphatic heterocycles. The maximum atomic E-state index is 13.6. The number of ether oxygens (including phenoxy) is 1. The van der Waals surface area contributed by atoms with Crippen LogP contribution in [-0.2, 0) is 9.53 Å². The van der Waals surface area contributed by atoms with Gasteiger partial charge in [-0.2, -0.15) is 0 Å². The van der Waals surface area contributed by atoms with Crippen LogP contribution in [0.5, 0.6) is 0 Å². The van der Waals surface area contributed by atoms with E-state index in [0.29, 0.717) is 47.1 Å². The van der Waals surface area contributed by atoms with Gasteiger partial charge in [0.2, 0.25) is 0 Å². The van der Waals surface area contributed by atoms with Crippen LogP contribution in [0.1, 0.15) is 21.7 Å². The largest absolute Gasteiger partial charge is 0.457 e. The Morgan fingerprint density at radius 2 is 2.07 bits per heavy atom. The van der Waals surface area contributed by atoms with Crippen LogP contribution in [0.4, 0.5) is 10.1 Å². The second kappa shape index (κ2) is 8.34. The molecule has 0 bridgehead atoms. The predicted molar refractivity (Wildman–Crippen MR) is 111 cm³/mol. The van der Waals surface area contributed by atoms with Crippen LogP contribution < -0.4 is 10.6 Å². The molecule has 3 aromatic rings. The van der Waals surface area contributed by atoms with E-state index in [1.165, 1.54) is 18.2 Å². The first-order valence-corrected chi connectivity index (χ1v) is 9.35. The van der Waals surface area contributed by atoms with Gasteiger partial charge in [-0.25, -0.2) is 4.39 Å². The second-order valence-electron chi connectivity index (χ2n) is 6.73. The fraction of sp³-hybridized carbons (Fsp3) is 0.130. The SMILES string of the molecule is COCCNC(=O)c1cccc(-c2ccc(/C=C3/C(=O)Nc4ccc(F)cc43)o2)c1. The number of hydrogen-bond acceptors (Lipinski definition) is 4. The van der Waals surface area contributed by atoms with Gasteiger partial charge >= 0.3 is 0 Å². The first-order chi connectivity index (χ1) is 14.5. The van der Waals surface area contributed by atoms with Crippen molar-refractivity contribution in [2.45, 2.75) is 0 Å². The fourth-order valence-electron chi connectivity index (χ4n) is 3.21. The average molecular weight is 406 g/mol. The molecule has 0 saturated heterocycles. The van der Waals surface area contributed by atoms with Gasteiger partial charge < -0.3 is 19.8 Å². The van der Waals surface area contributed by atoms with Gasteiger partial charge in [-0.15, -0.1) is 0 Å². The van der Waals surface area contributed by atoms with Crippen LogP contribution in [0, 0.1) is 5.82 Å². The summed E-state index contributed by atoms with van der Waals surface area (Å²) in [5, 5.41) is 5.48. The minimum absolute atomic E-state index is 0.205. The maximum Gasteiger partial charge on any atom is 0.256 e. The third kappa shape index (κ3) is 4.01. The predicted octanol–water partition coefficient (Wildman–Crippen LogP) is 3.95. The molecule has 6 nitrogen and oxygen atoms in total. The van der Waals surface area contributed by atoms with E-state index in [9.17, 15) is 14.0 Å². The molecule has 0 unspecified atom stereocenters. The van der Waals surface area contributed by atoms with Crippen molar-refractivity contribution in [2.24, 2.45) is 0 Å². The Labute approximate surface area is 172 Å². The molecule has 2 aromatic carbocycles. The minimum atomic E-state index is -0.420. The number of halogens is 1. The van der Waals surface area contributed by atoms with Crippen LogP contribution in [0.25, 0.3) is 23.0 Å². The lowest BCUT2D eigenvalue weighted by Gasteiger charge is -2.05. The molecule has 0 aliphatic carbocycles. The highest BCUT2D eigenvalue weighted by Gasteiger charge is 2.25. The number of amides is 2. The van der Waals surface area contributed by atoms with Crippen molar-refractivity contribution in [2.75, 3.05) is 25.6 Å². The lowest BCUT2D eigenvalue weighted by atomic mass is 10.1. The van der Waals surface area contributed by atoms with E-state index in [1.807, 2.05) is 6.07 Å². The number of furan rings is 1. The summed E-state index contributed by atoms with van der Waals surface area (Å²) in [7, 11) is 1.57. The highest BCUT2D eigenvalue weighted by Crippen LogP contribution is 2.34. The zero-order valence-electron chi connectivity index (χ0n) is 16.2. The van der Waals surface area contributed by atoms with Gasteiger partial charge in [0, 0.05) is 36.0 Å². The lowest BCUT2D eigenvalue weighted by molar-refractivity contribution is -0.110. The number of carbonyl (C=O) groups excluding carboxylic acids is 2. The monoisotopic (exact) mass is 406 g/mol. The molecule has 7 heteroatoms. The standard InChI is InChI=1S/C23H19FN2O4/c1-29-10-9-25-22(27)15-4-2-3-14(11-15)21-8-6-17(30-21)13-19-18-12-16(24)5-7-20(18)26-23(19)28/h2-8,11-13H,9-10H2,1H3,(H,25,27)(H,26,28)/b19-13+. The smallest absolute Gasteiger partial charge is 0.256 e. The van der Waals surface area contributed by atoms with E-state index in [0.717, 1.165) is 5.56 Å². The molecule has 0 atom stereocenters. The van der Waals surface area contributed by atoms with E-state index < -0.39 is 5.82 Å². The van der Waals surface area contributed by atoms with Crippen molar-refractivity contribution in [3.05, 3.63) is 77.3 Å². The topological polar surface area (TPSA) is 80.6 Å². The van der Waals surface area contributed by atoms with Crippen molar-refractivity contribution >= 4 is 29.2 Å². The Kier molecular flexibility index (Phi) is 5.45. The first-order valence-electron chi connectivity index (χ1n) is 9.35. The quantitative estimate of drug-likeness (QED) is 0.480. The van der Waals surface area contributed by atoms with Crippen LogP contribution in [0.15, 0.2) is 59.0 Å². The van der Waals surface area contributed by atoms with Crippen molar-refractivity contribution in [1.29, 1.82) is 0 Å². The highest BCUT2D eigenvalue weighted by molar-refractivity contribution is 6.34. The zero-order chi connectivity index (χ0) is 21.1. The summed E-state index contributed by atoms with van der Waals surface area (Å²) in [6, 6.07) is 14.7. The summed E-state index contributed by atoms with van der Waals surface area (Å²) in [5.41, 5.74) is 2.61. The minimum Gasteiger partial charge on any atom is -0.457 e. The van der Waals surface area contributed by atoms with Gasteiger partial charge in [-0.05, 0) is 48.5 Å². The Morgan fingerprint density at radius 1 is 1.20 bits per heavy atom. The molecule has 0 fully saturated rings. The van der Waals surface area contributed by atoms with Gasteiger partial charge in [0.05, 0.1) is 12.2 Å². The number of benzene rings is 2. The molecule has 30 heavy (non-hydrogen) atoms. The molecule has 2 N–H and O–H groups in total. The summed E-state index contributed by atoms with van der Waals surface area (Å²) in [4.78, 5) is 24.5. The molecular weight excluding hydrogens is 387 g/mol. The van der Waals surface area contributed by atoms with Crippen molar-refractivity contribution < 1.29 is 23.1 Å². The van der Waals surface area contributed by atoms with Crippen molar-refractivity contribution in [3.8, 4) is 11.3 Å². The zero-order valence-corrected chi connectivity index (χ0v) is 16.2. The van der Waals surface area contributed by atoms with E-state index in [-0.39, 0.29) is 11.8 Å². The van der Waals surface area contributed by atoms with E-state index in [1.54, 1.807) is 43.5 Å². The number of hydrogen-bond donors (Lipinski definition) is 2. The number of fused-ring (bicyclic) bond motifs is 1. The van der Waals surface area contributed by atoms with Gasteiger partial charge in [0.15, 0.2) is 0 Å². The van der Waals surface area contributed by atoms with Crippen LogP contribution in [-0.4, -0.2) is 32.1 Å². The highest BCUT2D eigenvalue weighted by atomic mass is 19.1. The molecule has 2 amide bonds. The molecule has 0 radical (unpaired) electrons. The second-order valence-corrected chi connectivity index (χ2v) is 6.73. The molecule has 152 valence electrons. The Balaban J connectivity index is 1.58. The Morgan fingerprint density at radius 3 is 2.90 bits per heavy atom. The summed E-state index contributed by atoms with van der Waals surface area (Å²) in [6.07, 6.45) is 1.57. The van der Waals surface area contributed by atoms with E-state index in [4.69, 9.17) is 9.15 Å². The fourth-order valence-corrected chi connectivity index (χ4v) is 3.21. The van der Waals surface area contributed by atoms with E-state index in [2.05, 4.69) is 10.6 Å². The summed E-state index contributed by atoms with van der Waals surface area (Å²) in [5.74, 6) is 0.0534. The van der Waals surface area contributed by atoms with Crippen LogP contribution in [0.3, 0.4) is 0 Å². The summed E-state index contributed by atoms with van der Waals surface area (Å²) >= 11 is 0. The summed E-state index contributed by atoms with van der Waals surface area (Å²) < 4.78 is 24.4. The number of nitrogens with one attached hydrogen (secondary N) is 2. The van der Waals surface area contributed by atoms with Crippen LogP contribution >= 0.6 is 0 Å². The molecule has 2 heterocycles. The molecule has 4 rings (SSSR count). The van der Waals surface area contributed by atoms with Gasteiger partial charge in [0.25, 0.3) is 11.8 Å². The number of methoxy groups -OCH3 is 1. The van der Waals surface area contributed by atoms with Gasteiger partial charge in [-0.1, -0.05) is 12.1 Å². The third-order valence-electron chi connectivity index (χ3n) is 4.68. The molecule has 0 spiro atoms. The molecule has 0 saturated carbocycles. The lowest BCUT2D eigenvalue weighted by Crippen LogP contribution is -2.26.